The summed E-state index contributed by atoms with van der Waals surface area (Å²) in [6, 6.07) is 10.6. The van der Waals surface area contributed by atoms with Gasteiger partial charge in [-0.2, -0.15) is 0 Å². The number of halogens is 2. The number of nitro groups is 1. The van der Waals surface area contributed by atoms with Crippen LogP contribution < -0.4 is 5.32 Å². The van der Waals surface area contributed by atoms with Crippen molar-refractivity contribution in [3.05, 3.63) is 69.0 Å². The first-order valence-electron chi connectivity index (χ1n) is 9.33. The monoisotopic (exact) mass is 420 g/mol. The molecule has 0 aliphatic carbocycles. The molecule has 1 fully saturated rings. The maximum absolute atomic E-state index is 13.0. The Morgan fingerprint density at radius 3 is 2.52 bits per heavy atom. The number of benzene rings is 2. The van der Waals surface area contributed by atoms with Crippen LogP contribution in [-0.4, -0.2) is 53.4 Å². The second-order valence-electron chi connectivity index (χ2n) is 7.00. The van der Waals surface area contributed by atoms with Crippen LogP contribution in [0.4, 0.5) is 15.8 Å². The summed E-state index contributed by atoms with van der Waals surface area (Å²) in [4.78, 5) is 27.3. The van der Waals surface area contributed by atoms with Crippen molar-refractivity contribution in [2.24, 2.45) is 0 Å². The van der Waals surface area contributed by atoms with Crippen LogP contribution in [0.25, 0.3) is 0 Å². The number of nitro benzene ring substituents is 1. The van der Waals surface area contributed by atoms with Crippen LogP contribution in [0.15, 0.2) is 42.5 Å². The molecule has 0 atom stereocenters. The van der Waals surface area contributed by atoms with Crippen molar-refractivity contribution >= 4 is 28.9 Å². The molecule has 154 valence electrons. The van der Waals surface area contributed by atoms with E-state index in [0.29, 0.717) is 6.54 Å². The van der Waals surface area contributed by atoms with Crippen molar-refractivity contribution in [1.82, 2.24) is 9.80 Å². The molecule has 9 heteroatoms. The maximum Gasteiger partial charge on any atom is 0.294 e. The van der Waals surface area contributed by atoms with E-state index in [2.05, 4.69) is 10.2 Å². The van der Waals surface area contributed by atoms with Crippen molar-refractivity contribution in [2.45, 2.75) is 13.0 Å². The quantitative estimate of drug-likeness (QED) is 0.571. The van der Waals surface area contributed by atoms with Crippen molar-refractivity contribution in [3.8, 4) is 0 Å². The third kappa shape index (κ3) is 6.22. The van der Waals surface area contributed by atoms with Crippen LogP contribution in [0.1, 0.15) is 12.0 Å². The van der Waals surface area contributed by atoms with Gasteiger partial charge in [-0.1, -0.05) is 23.7 Å². The van der Waals surface area contributed by atoms with E-state index >= 15 is 0 Å². The summed E-state index contributed by atoms with van der Waals surface area (Å²) in [5, 5.41) is 14.0. The average molecular weight is 421 g/mol. The van der Waals surface area contributed by atoms with Crippen LogP contribution in [0, 0.1) is 15.9 Å². The second kappa shape index (κ2) is 9.78. The molecule has 0 aromatic heterocycles. The van der Waals surface area contributed by atoms with Gasteiger partial charge in [0.1, 0.15) is 11.5 Å². The fourth-order valence-corrected chi connectivity index (χ4v) is 3.51. The molecule has 0 saturated carbocycles. The van der Waals surface area contributed by atoms with Crippen LogP contribution in [0.5, 0.6) is 0 Å². The normalized spacial score (nSPS) is 15.7. The minimum absolute atomic E-state index is 0.136. The Morgan fingerprint density at radius 2 is 1.79 bits per heavy atom. The van der Waals surface area contributed by atoms with E-state index in [1.807, 2.05) is 4.90 Å². The predicted octanol–water partition coefficient (Wildman–Crippen LogP) is 3.53. The lowest BCUT2D eigenvalue weighted by Gasteiger charge is -2.21. The van der Waals surface area contributed by atoms with Crippen molar-refractivity contribution in [3.63, 3.8) is 0 Å². The number of nitrogens with one attached hydrogen (secondary N) is 1. The summed E-state index contributed by atoms with van der Waals surface area (Å²) in [6.07, 6.45) is 0.898. The highest BCUT2D eigenvalue weighted by atomic mass is 35.5. The van der Waals surface area contributed by atoms with Crippen LogP contribution >= 0.6 is 11.6 Å². The summed E-state index contributed by atoms with van der Waals surface area (Å²) >= 11 is 5.80. The maximum atomic E-state index is 13.0. The molecule has 1 amide bonds. The zero-order valence-corrected chi connectivity index (χ0v) is 16.6. The summed E-state index contributed by atoms with van der Waals surface area (Å²) < 4.78 is 13.0. The van der Waals surface area contributed by atoms with Crippen molar-refractivity contribution in [1.29, 1.82) is 0 Å². The predicted molar refractivity (Wildman–Crippen MR) is 109 cm³/mol. The third-order valence-corrected chi connectivity index (χ3v) is 5.03. The Balaban J connectivity index is 1.53. The molecule has 2 aromatic rings. The summed E-state index contributed by atoms with van der Waals surface area (Å²) in [6.45, 7) is 4.03. The van der Waals surface area contributed by atoms with E-state index in [4.69, 9.17) is 11.6 Å². The minimum Gasteiger partial charge on any atom is -0.319 e. The lowest BCUT2D eigenvalue weighted by Crippen LogP contribution is -2.36. The highest BCUT2D eigenvalue weighted by Gasteiger charge is 2.20. The molecule has 0 unspecified atom stereocenters. The van der Waals surface area contributed by atoms with E-state index < -0.39 is 4.92 Å². The summed E-state index contributed by atoms with van der Waals surface area (Å²) in [5.41, 5.74) is 0.956. The molecule has 1 N–H and O–H groups in total. The van der Waals surface area contributed by atoms with Gasteiger partial charge in [0.15, 0.2) is 0 Å². The fraction of sp³-hybridized carbons (Fsp3) is 0.350. The summed E-state index contributed by atoms with van der Waals surface area (Å²) in [5.74, 6) is -0.551. The lowest BCUT2D eigenvalue weighted by atomic mass is 10.2. The molecule has 1 aliphatic heterocycles. The molecule has 0 radical (unpaired) electrons. The molecule has 2 aromatic carbocycles. The number of rotatable bonds is 6. The highest BCUT2D eigenvalue weighted by Crippen LogP contribution is 2.27. The van der Waals surface area contributed by atoms with E-state index in [0.717, 1.165) is 38.2 Å². The van der Waals surface area contributed by atoms with Crippen LogP contribution in [0.2, 0.25) is 5.02 Å². The Bertz CT molecular complexity index is 879. The number of hydrogen-bond acceptors (Lipinski definition) is 5. The first kappa shape index (κ1) is 21.2. The topological polar surface area (TPSA) is 78.7 Å². The molecular weight excluding hydrogens is 399 g/mol. The number of anilines is 1. The van der Waals surface area contributed by atoms with E-state index in [1.54, 1.807) is 12.1 Å². The Hall–Kier alpha value is -2.55. The van der Waals surface area contributed by atoms with Gasteiger partial charge in [0.05, 0.1) is 11.5 Å². The standard InChI is InChI=1S/C20H22ClFN4O3/c21-16-4-7-18(19(12-16)26(28)29)23-20(27)14-25-9-1-8-24(10-11-25)13-15-2-5-17(22)6-3-15/h2-7,12H,1,8-11,13-14H2,(H,23,27). The number of nitrogens with zero attached hydrogens (tertiary/aromatic N) is 3. The first-order chi connectivity index (χ1) is 13.9. The highest BCUT2D eigenvalue weighted by molar-refractivity contribution is 6.31. The van der Waals surface area contributed by atoms with E-state index in [9.17, 15) is 19.3 Å². The molecule has 1 heterocycles. The molecule has 0 spiro atoms. The molecule has 3 rings (SSSR count). The number of hydrogen-bond donors (Lipinski definition) is 1. The number of amides is 1. The molecule has 29 heavy (non-hydrogen) atoms. The molecule has 7 nitrogen and oxygen atoms in total. The van der Waals surface area contributed by atoms with Crippen LogP contribution in [0.3, 0.4) is 0 Å². The van der Waals surface area contributed by atoms with Gasteiger partial charge < -0.3 is 5.32 Å². The first-order valence-corrected chi connectivity index (χ1v) is 9.71. The van der Waals surface area contributed by atoms with Gasteiger partial charge in [-0.25, -0.2) is 4.39 Å². The number of carbonyl (C=O) groups excluding carboxylic acids is 1. The van der Waals surface area contributed by atoms with Gasteiger partial charge in [0.2, 0.25) is 5.91 Å². The third-order valence-electron chi connectivity index (χ3n) is 4.80. The zero-order valence-electron chi connectivity index (χ0n) is 15.8. The lowest BCUT2D eigenvalue weighted by molar-refractivity contribution is -0.383. The smallest absolute Gasteiger partial charge is 0.294 e. The molecule has 1 aliphatic rings. The Kier molecular flexibility index (Phi) is 7.13. The average Bonchev–Trinajstić information content (AvgIpc) is 2.90. The Morgan fingerprint density at radius 1 is 1.10 bits per heavy atom. The van der Waals surface area contributed by atoms with Crippen molar-refractivity contribution in [2.75, 3.05) is 38.0 Å². The fourth-order valence-electron chi connectivity index (χ4n) is 3.34. The van der Waals surface area contributed by atoms with Gasteiger partial charge in [-0.05, 0) is 49.3 Å². The van der Waals surface area contributed by atoms with Gasteiger partial charge in [0.25, 0.3) is 5.69 Å². The van der Waals surface area contributed by atoms with E-state index in [-0.39, 0.29) is 34.7 Å². The van der Waals surface area contributed by atoms with Crippen LogP contribution in [-0.2, 0) is 11.3 Å². The van der Waals surface area contributed by atoms with Gasteiger partial charge in [-0.3, -0.25) is 24.7 Å². The SMILES string of the molecule is O=C(CN1CCCN(Cc2ccc(F)cc2)CC1)Nc1ccc(Cl)cc1[N+](=O)[O-]. The number of carbonyl (C=O) groups is 1. The zero-order chi connectivity index (χ0) is 20.8. The largest absolute Gasteiger partial charge is 0.319 e. The molecular formula is C20H22ClFN4O3. The Labute approximate surface area is 173 Å². The summed E-state index contributed by atoms with van der Waals surface area (Å²) in [7, 11) is 0. The minimum atomic E-state index is -0.569. The molecule has 1 saturated heterocycles. The second-order valence-corrected chi connectivity index (χ2v) is 7.44. The van der Waals surface area contributed by atoms with Gasteiger partial charge in [0, 0.05) is 30.7 Å². The van der Waals surface area contributed by atoms with Crippen molar-refractivity contribution < 1.29 is 14.1 Å². The van der Waals surface area contributed by atoms with Gasteiger partial charge >= 0.3 is 0 Å². The molecule has 0 bridgehead atoms. The van der Waals surface area contributed by atoms with E-state index in [1.165, 1.54) is 30.3 Å². The van der Waals surface area contributed by atoms with Gasteiger partial charge in [-0.15, -0.1) is 0 Å².